The molecule has 2 heterocycles. The second kappa shape index (κ2) is 2.70. The molecular formula is C5H10N2S2. The second-order valence-corrected chi connectivity index (χ2v) is 4.26. The molecule has 52 valence electrons. The van der Waals surface area contributed by atoms with Crippen molar-refractivity contribution < 1.29 is 0 Å². The first-order valence-corrected chi connectivity index (χ1v) is 5.36. The fraction of sp³-hybridized carbons (Fsp3) is 1.00. The minimum atomic E-state index is 1.21. The van der Waals surface area contributed by atoms with Crippen LogP contribution in [0.2, 0.25) is 0 Å². The van der Waals surface area contributed by atoms with E-state index in [0.29, 0.717) is 0 Å². The lowest BCUT2D eigenvalue weighted by Crippen LogP contribution is -2.45. The molecule has 2 aliphatic rings. The Hall–Kier alpha value is 0.620. The maximum Gasteiger partial charge on any atom is 0.0537 e. The smallest absolute Gasteiger partial charge is 0.0537 e. The van der Waals surface area contributed by atoms with E-state index in [1.54, 1.807) is 0 Å². The third-order valence-electron chi connectivity index (χ3n) is 1.50. The molecule has 0 aliphatic carbocycles. The second-order valence-electron chi connectivity index (χ2n) is 2.41. The molecule has 0 atom stereocenters. The lowest BCUT2D eigenvalue weighted by molar-refractivity contribution is 0.189. The van der Waals surface area contributed by atoms with Gasteiger partial charge in [-0.2, -0.15) is 0 Å². The maximum absolute atomic E-state index is 2.47. The standard InChI is InChI=1S/C5H10N2S2/c1-6-2-8-4-7(1)5-9-3-6/h1-5H2. The van der Waals surface area contributed by atoms with Gasteiger partial charge >= 0.3 is 0 Å². The molecule has 2 saturated heterocycles. The predicted molar refractivity (Wildman–Crippen MR) is 43.2 cm³/mol. The molecule has 0 aromatic rings. The van der Waals surface area contributed by atoms with E-state index in [4.69, 9.17) is 0 Å². The van der Waals surface area contributed by atoms with Crippen LogP contribution in [0.15, 0.2) is 0 Å². The minimum Gasteiger partial charge on any atom is -0.272 e. The van der Waals surface area contributed by atoms with E-state index in [-0.39, 0.29) is 0 Å². The summed E-state index contributed by atoms with van der Waals surface area (Å²) in [7, 11) is 0. The highest BCUT2D eigenvalue weighted by Gasteiger charge is 2.21. The average molecular weight is 162 g/mol. The Morgan fingerprint density at radius 2 is 1.22 bits per heavy atom. The molecule has 2 fully saturated rings. The highest BCUT2D eigenvalue weighted by atomic mass is 32.2. The lowest BCUT2D eigenvalue weighted by Gasteiger charge is -2.38. The van der Waals surface area contributed by atoms with E-state index in [2.05, 4.69) is 9.80 Å². The monoisotopic (exact) mass is 162 g/mol. The van der Waals surface area contributed by atoms with Crippen molar-refractivity contribution in [2.75, 3.05) is 30.2 Å². The van der Waals surface area contributed by atoms with E-state index in [9.17, 15) is 0 Å². The first-order chi connectivity index (χ1) is 4.45. The fourth-order valence-electron chi connectivity index (χ4n) is 1.12. The summed E-state index contributed by atoms with van der Waals surface area (Å²) in [6.45, 7) is 1.21. The zero-order valence-corrected chi connectivity index (χ0v) is 6.88. The van der Waals surface area contributed by atoms with Crippen molar-refractivity contribution in [3.05, 3.63) is 0 Å². The SMILES string of the molecule is C1SCN2CSCN1C2. The van der Waals surface area contributed by atoms with Gasteiger partial charge in [-0.15, -0.1) is 23.5 Å². The topological polar surface area (TPSA) is 6.48 Å². The number of hydrogen-bond acceptors (Lipinski definition) is 4. The number of rotatable bonds is 0. The Balaban J connectivity index is 1.96. The van der Waals surface area contributed by atoms with Gasteiger partial charge in [-0.1, -0.05) is 0 Å². The van der Waals surface area contributed by atoms with Crippen LogP contribution in [0.3, 0.4) is 0 Å². The summed E-state index contributed by atoms with van der Waals surface area (Å²) >= 11 is 4.05. The molecule has 9 heavy (non-hydrogen) atoms. The van der Waals surface area contributed by atoms with Crippen LogP contribution < -0.4 is 0 Å². The average Bonchev–Trinajstić information content (AvgIpc) is 1.88. The maximum atomic E-state index is 2.47. The molecule has 0 radical (unpaired) electrons. The molecule has 0 aromatic heterocycles. The summed E-state index contributed by atoms with van der Waals surface area (Å²) in [6, 6.07) is 0. The van der Waals surface area contributed by atoms with Crippen LogP contribution in [0.4, 0.5) is 0 Å². The number of hydrogen-bond donors (Lipinski definition) is 0. The van der Waals surface area contributed by atoms with Crippen LogP contribution in [0.1, 0.15) is 0 Å². The van der Waals surface area contributed by atoms with E-state index in [1.807, 2.05) is 23.5 Å². The Morgan fingerprint density at radius 3 is 1.56 bits per heavy atom. The molecule has 4 heteroatoms. The van der Waals surface area contributed by atoms with Gasteiger partial charge < -0.3 is 0 Å². The van der Waals surface area contributed by atoms with Gasteiger partial charge in [0.1, 0.15) is 0 Å². The molecule has 2 nitrogen and oxygen atoms in total. The third kappa shape index (κ3) is 1.37. The molecule has 0 unspecified atom stereocenters. The normalized spacial score (nSPS) is 42.7. The van der Waals surface area contributed by atoms with Crippen LogP contribution in [0.5, 0.6) is 0 Å². The van der Waals surface area contributed by atoms with Crippen molar-refractivity contribution in [2.45, 2.75) is 0 Å². The highest BCUT2D eigenvalue weighted by Crippen LogP contribution is 2.23. The van der Waals surface area contributed by atoms with Crippen molar-refractivity contribution in [2.24, 2.45) is 0 Å². The molecule has 0 aromatic carbocycles. The Labute approximate surface area is 64.0 Å². The molecule has 2 aliphatic heterocycles. The van der Waals surface area contributed by atoms with Crippen LogP contribution in [0, 0.1) is 0 Å². The zero-order valence-electron chi connectivity index (χ0n) is 5.25. The first-order valence-electron chi connectivity index (χ1n) is 3.05. The van der Waals surface area contributed by atoms with Crippen molar-refractivity contribution in [1.29, 1.82) is 0 Å². The zero-order chi connectivity index (χ0) is 6.10. The van der Waals surface area contributed by atoms with Gasteiger partial charge in [0.05, 0.1) is 6.67 Å². The summed E-state index contributed by atoms with van der Waals surface area (Å²) in [5.74, 6) is 4.96. The Morgan fingerprint density at radius 1 is 0.778 bits per heavy atom. The number of thioether (sulfide) groups is 2. The summed E-state index contributed by atoms with van der Waals surface area (Å²) in [6.07, 6.45) is 0. The van der Waals surface area contributed by atoms with Gasteiger partial charge in [-0.3, -0.25) is 9.80 Å². The largest absolute Gasteiger partial charge is 0.272 e. The number of fused-ring (bicyclic) bond motifs is 2. The van der Waals surface area contributed by atoms with Gasteiger partial charge in [0.15, 0.2) is 0 Å². The van der Waals surface area contributed by atoms with E-state index in [1.165, 1.54) is 30.2 Å². The van der Waals surface area contributed by atoms with Crippen molar-refractivity contribution in [1.82, 2.24) is 9.80 Å². The molecule has 0 N–H and O–H groups in total. The van der Waals surface area contributed by atoms with Crippen molar-refractivity contribution >= 4 is 23.5 Å². The third-order valence-corrected chi connectivity index (χ3v) is 3.69. The van der Waals surface area contributed by atoms with Crippen LogP contribution in [-0.2, 0) is 0 Å². The predicted octanol–water partition coefficient (Wildman–Crippen LogP) is 0.872. The molecule has 2 bridgehead atoms. The molecular weight excluding hydrogens is 152 g/mol. The summed E-state index contributed by atoms with van der Waals surface area (Å²) in [5.41, 5.74) is 0. The van der Waals surface area contributed by atoms with Gasteiger partial charge in [-0.25, -0.2) is 0 Å². The summed E-state index contributed by atoms with van der Waals surface area (Å²) in [4.78, 5) is 4.95. The first kappa shape index (κ1) is 6.34. The van der Waals surface area contributed by atoms with E-state index in [0.717, 1.165) is 0 Å². The summed E-state index contributed by atoms with van der Waals surface area (Å²) < 4.78 is 0. The van der Waals surface area contributed by atoms with Crippen LogP contribution in [0.25, 0.3) is 0 Å². The molecule has 2 rings (SSSR count). The van der Waals surface area contributed by atoms with Crippen molar-refractivity contribution in [3.63, 3.8) is 0 Å². The lowest BCUT2D eigenvalue weighted by atomic mass is 10.7. The van der Waals surface area contributed by atoms with Crippen molar-refractivity contribution in [3.8, 4) is 0 Å². The van der Waals surface area contributed by atoms with Gasteiger partial charge in [-0.05, 0) is 0 Å². The van der Waals surface area contributed by atoms with Crippen LogP contribution >= 0.6 is 23.5 Å². The van der Waals surface area contributed by atoms with Gasteiger partial charge in [0.2, 0.25) is 0 Å². The van der Waals surface area contributed by atoms with Gasteiger partial charge in [0, 0.05) is 23.5 Å². The summed E-state index contributed by atoms with van der Waals surface area (Å²) in [5, 5.41) is 0. The highest BCUT2D eigenvalue weighted by molar-refractivity contribution is 8.00. The Bertz CT molecular complexity index is 89.1. The molecule has 0 spiro atoms. The minimum absolute atomic E-state index is 1.21. The fourth-order valence-corrected chi connectivity index (χ4v) is 3.24. The number of nitrogens with zero attached hydrogens (tertiary/aromatic N) is 2. The Kier molecular flexibility index (Phi) is 1.90. The van der Waals surface area contributed by atoms with E-state index < -0.39 is 0 Å². The van der Waals surface area contributed by atoms with E-state index >= 15 is 0 Å². The van der Waals surface area contributed by atoms with Gasteiger partial charge in [0.25, 0.3) is 0 Å². The molecule has 0 amide bonds. The molecule has 0 saturated carbocycles. The van der Waals surface area contributed by atoms with Crippen LogP contribution in [-0.4, -0.2) is 40.0 Å². The quantitative estimate of drug-likeness (QED) is 0.521.